The van der Waals surface area contributed by atoms with Gasteiger partial charge in [-0.1, -0.05) is 11.8 Å². The van der Waals surface area contributed by atoms with Crippen molar-refractivity contribution < 1.29 is 31.3 Å². The van der Waals surface area contributed by atoms with E-state index in [9.17, 15) is 17.6 Å². The van der Waals surface area contributed by atoms with Crippen LogP contribution in [0.2, 0.25) is 0 Å². The molecule has 0 radical (unpaired) electrons. The molecule has 0 heterocycles. The summed E-state index contributed by atoms with van der Waals surface area (Å²) >= 11 is 0.836. The normalized spacial score (nSPS) is 12.7. The van der Waals surface area contributed by atoms with Crippen LogP contribution >= 0.6 is 11.8 Å². The van der Waals surface area contributed by atoms with Gasteiger partial charge >= 0.3 is 16.3 Å². The molecule has 0 aromatic heterocycles. The van der Waals surface area contributed by atoms with Gasteiger partial charge in [0.2, 0.25) is 0 Å². The Hall–Kier alpha value is -1.36. The van der Waals surface area contributed by atoms with E-state index >= 15 is 0 Å². The maximum absolute atomic E-state index is 13.6. The highest BCUT2D eigenvalue weighted by molar-refractivity contribution is 7.99. The molecule has 22 heavy (non-hydrogen) atoms. The first-order chi connectivity index (χ1) is 10.4. The zero-order chi connectivity index (χ0) is 16.6. The smallest absolute Gasteiger partial charge is 0.343 e. The summed E-state index contributed by atoms with van der Waals surface area (Å²) in [7, 11) is -1.66. The SMILES string of the molecule is COC(=O)COc1ccc(SC(F)CNS(=O)(=O)OC)cc1. The lowest BCUT2D eigenvalue weighted by molar-refractivity contribution is -0.142. The van der Waals surface area contributed by atoms with Crippen molar-refractivity contribution in [2.75, 3.05) is 27.4 Å². The van der Waals surface area contributed by atoms with Crippen molar-refractivity contribution in [1.82, 2.24) is 4.72 Å². The van der Waals surface area contributed by atoms with Gasteiger partial charge < -0.3 is 9.47 Å². The number of benzene rings is 1. The first kappa shape index (κ1) is 18.7. The first-order valence-corrected chi connectivity index (χ1v) is 8.30. The molecular formula is C12H16FNO6S2. The monoisotopic (exact) mass is 353 g/mol. The summed E-state index contributed by atoms with van der Waals surface area (Å²) in [4.78, 5) is 11.5. The van der Waals surface area contributed by atoms with E-state index in [0.29, 0.717) is 10.6 Å². The zero-order valence-electron chi connectivity index (χ0n) is 11.9. The number of carbonyl (C=O) groups excluding carboxylic acids is 1. The van der Waals surface area contributed by atoms with Crippen molar-refractivity contribution in [2.45, 2.75) is 10.4 Å². The van der Waals surface area contributed by atoms with Crippen LogP contribution in [0.1, 0.15) is 0 Å². The summed E-state index contributed by atoms with van der Waals surface area (Å²) in [6.45, 7) is -0.630. The average molecular weight is 353 g/mol. The number of halogens is 1. The second-order valence-corrected chi connectivity index (χ2v) is 6.58. The van der Waals surface area contributed by atoms with E-state index in [1.54, 1.807) is 24.3 Å². The molecule has 0 bridgehead atoms. The van der Waals surface area contributed by atoms with Crippen LogP contribution in [0, 0.1) is 0 Å². The first-order valence-electron chi connectivity index (χ1n) is 6.02. The van der Waals surface area contributed by atoms with Gasteiger partial charge in [-0.2, -0.15) is 13.1 Å². The molecule has 0 aliphatic heterocycles. The molecule has 0 spiro atoms. The van der Waals surface area contributed by atoms with E-state index in [4.69, 9.17) is 4.74 Å². The molecule has 1 rings (SSSR count). The number of hydrogen-bond donors (Lipinski definition) is 1. The number of thioether (sulfide) groups is 1. The number of esters is 1. The number of methoxy groups -OCH3 is 1. The lowest BCUT2D eigenvalue weighted by atomic mass is 10.3. The minimum atomic E-state index is -3.90. The quantitative estimate of drug-likeness (QED) is 0.525. The van der Waals surface area contributed by atoms with Gasteiger partial charge in [0, 0.05) is 4.90 Å². The van der Waals surface area contributed by atoms with E-state index in [0.717, 1.165) is 18.9 Å². The Morgan fingerprint density at radius 3 is 2.50 bits per heavy atom. The van der Waals surface area contributed by atoms with E-state index < -0.39 is 28.3 Å². The van der Waals surface area contributed by atoms with Gasteiger partial charge in [-0.05, 0) is 24.3 Å². The third-order valence-electron chi connectivity index (χ3n) is 2.31. The Kier molecular flexibility index (Phi) is 7.59. The van der Waals surface area contributed by atoms with E-state index in [1.807, 2.05) is 4.72 Å². The molecule has 1 N–H and O–H groups in total. The van der Waals surface area contributed by atoms with Gasteiger partial charge in [-0.25, -0.2) is 9.18 Å². The summed E-state index contributed by atoms with van der Waals surface area (Å²) in [5, 5.41) is 0. The fourth-order valence-electron chi connectivity index (χ4n) is 1.23. The molecule has 0 amide bonds. The number of rotatable bonds is 9. The van der Waals surface area contributed by atoms with Gasteiger partial charge in [0.15, 0.2) is 12.1 Å². The highest BCUT2D eigenvalue weighted by atomic mass is 32.2. The minimum absolute atomic E-state index is 0.215. The molecule has 1 aromatic rings. The van der Waals surface area contributed by atoms with Crippen molar-refractivity contribution in [3.8, 4) is 5.75 Å². The third kappa shape index (κ3) is 7.07. The lowest BCUT2D eigenvalue weighted by Crippen LogP contribution is -2.29. The van der Waals surface area contributed by atoms with Gasteiger partial charge in [-0.15, -0.1) is 0 Å². The molecule has 0 saturated carbocycles. The maximum atomic E-state index is 13.6. The third-order valence-corrected chi connectivity index (χ3v) is 4.24. The number of carbonyl (C=O) groups is 1. The van der Waals surface area contributed by atoms with Crippen LogP contribution in [-0.4, -0.2) is 47.3 Å². The van der Waals surface area contributed by atoms with Crippen LogP contribution in [0.25, 0.3) is 0 Å². The van der Waals surface area contributed by atoms with Crippen LogP contribution in [0.15, 0.2) is 29.2 Å². The van der Waals surface area contributed by atoms with Crippen molar-refractivity contribution in [1.29, 1.82) is 0 Å². The van der Waals surface area contributed by atoms with E-state index in [2.05, 4.69) is 8.92 Å². The van der Waals surface area contributed by atoms with Gasteiger partial charge in [0.25, 0.3) is 0 Å². The maximum Gasteiger partial charge on any atom is 0.343 e. The van der Waals surface area contributed by atoms with Crippen molar-refractivity contribution in [2.24, 2.45) is 0 Å². The zero-order valence-corrected chi connectivity index (χ0v) is 13.6. The molecular weight excluding hydrogens is 337 g/mol. The summed E-state index contributed by atoms with van der Waals surface area (Å²) in [6.07, 6.45) is 0. The Labute approximate surface area is 132 Å². The van der Waals surface area contributed by atoms with Gasteiger partial charge in [0.1, 0.15) is 5.75 Å². The molecule has 1 atom stereocenters. The molecule has 1 unspecified atom stereocenters. The van der Waals surface area contributed by atoms with Crippen LogP contribution in [0.4, 0.5) is 4.39 Å². The second kappa shape index (κ2) is 8.93. The standard InChI is InChI=1S/C12H16FNO6S2/c1-18-12(15)8-20-9-3-5-10(6-4-9)21-11(13)7-14-22(16,17)19-2/h3-6,11,14H,7-8H2,1-2H3. The van der Waals surface area contributed by atoms with Gasteiger partial charge in [0.05, 0.1) is 20.8 Å². The number of hydrogen-bond acceptors (Lipinski definition) is 7. The van der Waals surface area contributed by atoms with Crippen LogP contribution < -0.4 is 9.46 Å². The topological polar surface area (TPSA) is 90.9 Å². The fraction of sp³-hybridized carbons (Fsp3) is 0.417. The highest BCUT2D eigenvalue weighted by Crippen LogP contribution is 2.26. The van der Waals surface area contributed by atoms with Gasteiger partial charge in [-0.3, -0.25) is 4.18 Å². The molecule has 10 heteroatoms. The van der Waals surface area contributed by atoms with Crippen LogP contribution in [0.3, 0.4) is 0 Å². The molecule has 1 aromatic carbocycles. The molecule has 7 nitrogen and oxygen atoms in total. The minimum Gasteiger partial charge on any atom is -0.482 e. The predicted molar refractivity (Wildman–Crippen MR) is 78.6 cm³/mol. The Balaban J connectivity index is 2.45. The summed E-state index contributed by atoms with van der Waals surface area (Å²) in [5.74, 6) is -0.0713. The van der Waals surface area contributed by atoms with Crippen LogP contribution in [0.5, 0.6) is 5.75 Å². The number of ether oxygens (including phenoxy) is 2. The lowest BCUT2D eigenvalue weighted by Gasteiger charge is -2.10. The van der Waals surface area contributed by atoms with E-state index in [-0.39, 0.29) is 6.61 Å². The summed E-state index contributed by atoms with van der Waals surface area (Å²) < 4.78 is 51.3. The Morgan fingerprint density at radius 2 is 1.95 bits per heavy atom. The second-order valence-electron chi connectivity index (χ2n) is 3.83. The predicted octanol–water partition coefficient (Wildman–Crippen LogP) is 1.11. The summed E-state index contributed by atoms with van der Waals surface area (Å²) in [5.41, 5.74) is -1.48. The molecule has 0 saturated heterocycles. The number of nitrogens with one attached hydrogen (secondary N) is 1. The number of alkyl halides is 1. The highest BCUT2D eigenvalue weighted by Gasteiger charge is 2.14. The largest absolute Gasteiger partial charge is 0.482 e. The fourth-order valence-corrected chi connectivity index (χ4v) is 2.56. The molecule has 124 valence electrons. The van der Waals surface area contributed by atoms with Crippen molar-refractivity contribution in [3.63, 3.8) is 0 Å². The van der Waals surface area contributed by atoms with Crippen LogP contribution in [-0.2, 0) is 24.0 Å². The Morgan fingerprint density at radius 1 is 1.32 bits per heavy atom. The van der Waals surface area contributed by atoms with Crippen molar-refractivity contribution >= 4 is 28.0 Å². The summed E-state index contributed by atoms with van der Waals surface area (Å²) in [6, 6.07) is 6.32. The van der Waals surface area contributed by atoms with E-state index in [1.165, 1.54) is 7.11 Å². The van der Waals surface area contributed by atoms with Crippen molar-refractivity contribution in [3.05, 3.63) is 24.3 Å². The molecule has 0 aliphatic carbocycles. The Bertz CT molecular complexity index is 578. The average Bonchev–Trinajstić information content (AvgIpc) is 2.52. The molecule has 0 fully saturated rings. The molecule has 0 aliphatic rings.